The first-order chi connectivity index (χ1) is 9.04. The van der Waals surface area contributed by atoms with Crippen LogP contribution in [0.2, 0.25) is 0 Å². The average Bonchev–Trinajstić information content (AvgIpc) is 2.87. The lowest BCUT2D eigenvalue weighted by Gasteiger charge is -2.06. The molecule has 0 aliphatic rings. The molecule has 0 aliphatic heterocycles. The van der Waals surface area contributed by atoms with Gasteiger partial charge in [-0.05, 0) is 37.1 Å². The summed E-state index contributed by atoms with van der Waals surface area (Å²) >= 11 is 0. The molecule has 2 aromatic rings. The van der Waals surface area contributed by atoms with Crippen LogP contribution in [-0.4, -0.2) is 20.9 Å². The van der Waals surface area contributed by atoms with Crippen LogP contribution in [0.4, 0.5) is 0 Å². The van der Waals surface area contributed by atoms with Gasteiger partial charge < -0.3 is 9.88 Å². The van der Waals surface area contributed by atoms with Gasteiger partial charge in [-0.25, -0.2) is 0 Å². The minimum absolute atomic E-state index is 0.694. The molecule has 0 aliphatic carbocycles. The first kappa shape index (κ1) is 13.9. The van der Waals surface area contributed by atoms with E-state index in [4.69, 9.17) is 0 Å². The van der Waals surface area contributed by atoms with E-state index in [1.165, 1.54) is 11.3 Å². The highest BCUT2D eigenvalue weighted by molar-refractivity contribution is 5.14. The van der Waals surface area contributed by atoms with Crippen molar-refractivity contribution in [1.82, 2.24) is 19.7 Å². The summed E-state index contributed by atoms with van der Waals surface area (Å²) in [6.07, 6.45) is 4.34. The van der Waals surface area contributed by atoms with Crippen molar-refractivity contribution < 1.29 is 0 Å². The number of nitrogens with zero attached hydrogens (tertiary/aromatic N) is 3. The largest absolute Gasteiger partial charge is 0.348 e. The van der Waals surface area contributed by atoms with Gasteiger partial charge in [-0.3, -0.25) is 4.68 Å². The molecule has 2 heterocycles. The van der Waals surface area contributed by atoms with Gasteiger partial charge in [0.2, 0.25) is 0 Å². The molecular weight excluding hydrogens is 236 g/mol. The Bertz CT molecular complexity index is 522. The molecule has 0 aromatic carbocycles. The standard InChI is InChI=1S/C15H24N4/c1-12(2)8-16-9-14-5-6-19(10-14)11-15-7-13(3)17-18(15)4/h5-7,10,12,16H,8-9,11H2,1-4H3. The van der Waals surface area contributed by atoms with Crippen LogP contribution >= 0.6 is 0 Å². The molecule has 0 atom stereocenters. The second-order valence-electron chi connectivity index (χ2n) is 5.62. The molecule has 0 fully saturated rings. The summed E-state index contributed by atoms with van der Waals surface area (Å²) in [6.45, 7) is 9.36. The fraction of sp³-hybridized carbons (Fsp3) is 0.533. The van der Waals surface area contributed by atoms with Crippen LogP contribution in [0.5, 0.6) is 0 Å². The third-order valence-electron chi connectivity index (χ3n) is 3.14. The second kappa shape index (κ2) is 6.06. The Balaban J connectivity index is 1.92. The van der Waals surface area contributed by atoms with Crippen molar-refractivity contribution in [3.05, 3.63) is 41.5 Å². The van der Waals surface area contributed by atoms with E-state index in [2.05, 4.69) is 53.4 Å². The first-order valence-electron chi connectivity index (χ1n) is 6.89. The molecule has 4 nitrogen and oxygen atoms in total. The predicted molar refractivity (Wildman–Crippen MR) is 78.0 cm³/mol. The maximum atomic E-state index is 4.37. The Hall–Kier alpha value is -1.55. The molecule has 0 bridgehead atoms. The van der Waals surface area contributed by atoms with Gasteiger partial charge in [-0.2, -0.15) is 5.10 Å². The second-order valence-corrected chi connectivity index (χ2v) is 5.62. The Labute approximate surface area is 115 Å². The van der Waals surface area contributed by atoms with Crippen molar-refractivity contribution in [2.75, 3.05) is 6.54 Å². The van der Waals surface area contributed by atoms with Gasteiger partial charge in [0.1, 0.15) is 0 Å². The van der Waals surface area contributed by atoms with Gasteiger partial charge in [-0.15, -0.1) is 0 Å². The smallest absolute Gasteiger partial charge is 0.0639 e. The van der Waals surface area contributed by atoms with Gasteiger partial charge in [0, 0.05) is 26.0 Å². The fourth-order valence-corrected chi connectivity index (χ4v) is 2.20. The Kier molecular flexibility index (Phi) is 4.43. The quantitative estimate of drug-likeness (QED) is 0.865. The number of nitrogens with one attached hydrogen (secondary N) is 1. The lowest BCUT2D eigenvalue weighted by molar-refractivity contribution is 0.552. The molecule has 0 amide bonds. The highest BCUT2D eigenvalue weighted by Gasteiger charge is 2.03. The highest BCUT2D eigenvalue weighted by Crippen LogP contribution is 2.07. The number of rotatable bonds is 6. The SMILES string of the molecule is Cc1cc(Cn2ccc(CNCC(C)C)c2)n(C)n1. The van der Waals surface area contributed by atoms with Gasteiger partial charge in [0.15, 0.2) is 0 Å². The summed E-state index contributed by atoms with van der Waals surface area (Å²) in [5, 5.41) is 7.84. The number of hydrogen-bond acceptors (Lipinski definition) is 2. The van der Waals surface area contributed by atoms with Crippen molar-refractivity contribution in [3.63, 3.8) is 0 Å². The van der Waals surface area contributed by atoms with Crippen molar-refractivity contribution in [1.29, 1.82) is 0 Å². The monoisotopic (exact) mass is 260 g/mol. The zero-order valence-corrected chi connectivity index (χ0v) is 12.3. The van der Waals surface area contributed by atoms with Gasteiger partial charge in [0.05, 0.1) is 17.9 Å². The summed E-state index contributed by atoms with van der Waals surface area (Å²) in [6, 6.07) is 4.31. The maximum Gasteiger partial charge on any atom is 0.0639 e. The van der Waals surface area contributed by atoms with Crippen molar-refractivity contribution in [2.24, 2.45) is 13.0 Å². The van der Waals surface area contributed by atoms with Gasteiger partial charge in [0.25, 0.3) is 0 Å². The fourth-order valence-electron chi connectivity index (χ4n) is 2.20. The van der Waals surface area contributed by atoms with Crippen LogP contribution in [0.3, 0.4) is 0 Å². The molecule has 104 valence electrons. The lowest BCUT2D eigenvalue weighted by Crippen LogP contribution is -2.18. The number of aromatic nitrogens is 3. The molecule has 0 saturated heterocycles. The third-order valence-corrected chi connectivity index (χ3v) is 3.14. The van der Waals surface area contributed by atoms with Crippen LogP contribution in [0.15, 0.2) is 24.5 Å². The summed E-state index contributed by atoms with van der Waals surface area (Å²) in [4.78, 5) is 0. The Morgan fingerprint density at radius 3 is 2.79 bits per heavy atom. The summed E-state index contributed by atoms with van der Waals surface area (Å²) in [5.41, 5.74) is 3.64. The Morgan fingerprint density at radius 2 is 2.16 bits per heavy atom. The highest BCUT2D eigenvalue weighted by atomic mass is 15.3. The van der Waals surface area contributed by atoms with Crippen LogP contribution < -0.4 is 5.32 Å². The van der Waals surface area contributed by atoms with Crippen LogP contribution in [0, 0.1) is 12.8 Å². The topological polar surface area (TPSA) is 34.8 Å². The summed E-state index contributed by atoms with van der Waals surface area (Å²) in [7, 11) is 2.00. The summed E-state index contributed by atoms with van der Waals surface area (Å²) in [5.74, 6) is 0.694. The van der Waals surface area contributed by atoms with E-state index in [1.54, 1.807) is 0 Å². The maximum absolute atomic E-state index is 4.37. The van der Waals surface area contributed by atoms with Crippen molar-refractivity contribution in [3.8, 4) is 0 Å². The molecule has 2 rings (SSSR count). The number of aryl methyl sites for hydroxylation is 2. The minimum atomic E-state index is 0.694. The van der Waals surface area contributed by atoms with Crippen LogP contribution in [-0.2, 0) is 20.1 Å². The van der Waals surface area contributed by atoms with Crippen molar-refractivity contribution >= 4 is 0 Å². The lowest BCUT2D eigenvalue weighted by atomic mass is 10.2. The van der Waals surface area contributed by atoms with E-state index in [9.17, 15) is 0 Å². The normalized spacial score (nSPS) is 11.4. The minimum Gasteiger partial charge on any atom is -0.348 e. The molecule has 2 aromatic heterocycles. The van der Waals surface area contributed by atoms with E-state index >= 15 is 0 Å². The molecule has 0 unspecified atom stereocenters. The van der Waals surface area contributed by atoms with Crippen LogP contribution in [0.25, 0.3) is 0 Å². The molecule has 1 N–H and O–H groups in total. The van der Waals surface area contributed by atoms with E-state index in [0.29, 0.717) is 5.92 Å². The zero-order chi connectivity index (χ0) is 13.8. The van der Waals surface area contributed by atoms with Gasteiger partial charge in [-0.1, -0.05) is 13.8 Å². The van der Waals surface area contributed by atoms with E-state index in [1.807, 2.05) is 18.7 Å². The molecule has 4 heteroatoms. The predicted octanol–water partition coefficient (Wildman–Crippen LogP) is 2.32. The third kappa shape index (κ3) is 3.96. The molecule has 0 saturated carbocycles. The van der Waals surface area contributed by atoms with Crippen molar-refractivity contribution in [2.45, 2.75) is 33.9 Å². The van der Waals surface area contributed by atoms with E-state index in [0.717, 1.165) is 25.3 Å². The van der Waals surface area contributed by atoms with Gasteiger partial charge >= 0.3 is 0 Å². The first-order valence-corrected chi connectivity index (χ1v) is 6.89. The van der Waals surface area contributed by atoms with Crippen LogP contribution in [0.1, 0.15) is 30.8 Å². The zero-order valence-electron chi connectivity index (χ0n) is 12.3. The molecule has 0 spiro atoms. The molecule has 19 heavy (non-hydrogen) atoms. The number of hydrogen-bond donors (Lipinski definition) is 1. The molecular formula is C15H24N4. The summed E-state index contributed by atoms with van der Waals surface area (Å²) < 4.78 is 4.16. The average molecular weight is 260 g/mol. The van der Waals surface area contributed by atoms with E-state index < -0.39 is 0 Å². The van der Waals surface area contributed by atoms with E-state index in [-0.39, 0.29) is 0 Å². The Morgan fingerprint density at radius 1 is 1.37 bits per heavy atom. The molecule has 0 radical (unpaired) electrons.